The monoisotopic (exact) mass is 436 g/mol. The van der Waals surface area contributed by atoms with Crippen molar-refractivity contribution in [3.05, 3.63) is 101 Å². The number of hydrogen-bond acceptors (Lipinski definition) is 4. The van der Waals surface area contributed by atoms with E-state index in [1.165, 1.54) is 17.0 Å². The van der Waals surface area contributed by atoms with Gasteiger partial charge in [-0.15, -0.1) is 0 Å². The molecule has 2 amide bonds. The Morgan fingerprint density at radius 1 is 0.871 bits per heavy atom. The number of amides is 2. The molecule has 0 aliphatic carbocycles. The second-order valence-electron chi connectivity index (χ2n) is 7.60. The summed E-state index contributed by atoms with van der Waals surface area (Å²) in [4.78, 5) is 33.8. The first kappa shape index (κ1) is 19.7. The number of fused-ring (bicyclic) bond motifs is 1. The highest BCUT2D eigenvalue weighted by molar-refractivity contribution is 6.30. The molecule has 0 saturated carbocycles. The predicted octanol–water partition coefficient (Wildman–Crippen LogP) is 4.53. The first-order chi connectivity index (χ1) is 15.0. The van der Waals surface area contributed by atoms with Crippen LogP contribution in [0.15, 0.2) is 78.9 Å². The minimum absolute atomic E-state index is 0.186. The van der Waals surface area contributed by atoms with Crippen LogP contribution in [0, 0.1) is 11.7 Å². The Morgan fingerprint density at radius 3 is 2.23 bits per heavy atom. The number of imide groups is 1. The van der Waals surface area contributed by atoms with E-state index in [-0.39, 0.29) is 24.2 Å². The first-order valence-electron chi connectivity index (χ1n) is 9.89. The fourth-order valence-corrected chi connectivity index (χ4v) is 4.33. The summed E-state index contributed by atoms with van der Waals surface area (Å²) in [5, 5.41) is 2.12. The van der Waals surface area contributed by atoms with Gasteiger partial charge in [-0.05, 0) is 47.5 Å². The van der Waals surface area contributed by atoms with Crippen molar-refractivity contribution in [3.8, 4) is 0 Å². The molecule has 2 heterocycles. The van der Waals surface area contributed by atoms with E-state index < -0.39 is 18.1 Å². The molecule has 0 bridgehead atoms. The van der Waals surface area contributed by atoms with Gasteiger partial charge in [-0.2, -0.15) is 0 Å². The van der Waals surface area contributed by atoms with Crippen molar-refractivity contribution < 1.29 is 18.8 Å². The molecule has 2 aliphatic rings. The maximum absolute atomic E-state index is 13.6. The largest absolute Gasteiger partial charge is 0.275 e. The van der Waals surface area contributed by atoms with E-state index >= 15 is 0 Å². The molecule has 0 unspecified atom stereocenters. The van der Waals surface area contributed by atoms with Crippen LogP contribution in [-0.2, 0) is 21.0 Å². The van der Waals surface area contributed by atoms with Gasteiger partial charge in [0.1, 0.15) is 11.7 Å². The van der Waals surface area contributed by atoms with Crippen molar-refractivity contribution in [1.29, 1.82) is 0 Å². The standard InChI is InChI=1S/C24H18ClFN2O3/c25-17-8-12-19(13-9-17)28-21(16-6-10-18(26)11-7-16)20-22(31-28)24(30)27(23(20)29)14-15-4-2-1-3-5-15/h1-13,20-22H,14H2/t20-,21+,22+/m1/s1. The number of halogens is 2. The molecule has 0 aromatic heterocycles. The molecule has 2 fully saturated rings. The fourth-order valence-electron chi connectivity index (χ4n) is 4.20. The number of anilines is 1. The maximum Gasteiger partial charge on any atom is 0.262 e. The topological polar surface area (TPSA) is 49.9 Å². The highest BCUT2D eigenvalue weighted by atomic mass is 35.5. The van der Waals surface area contributed by atoms with E-state index in [0.717, 1.165) is 5.56 Å². The van der Waals surface area contributed by atoms with Crippen LogP contribution in [0.5, 0.6) is 0 Å². The van der Waals surface area contributed by atoms with Crippen LogP contribution in [0.25, 0.3) is 0 Å². The van der Waals surface area contributed by atoms with Crippen molar-refractivity contribution in [2.24, 2.45) is 5.92 Å². The maximum atomic E-state index is 13.6. The van der Waals surface area contributed by atoms with Crippen LogP contribution in [0.1, 0.15) is 17.2 Å². The summed E-state index contributed by atoms with van der Waals surface area (Å²) in [5.74, 6) is -1.79. The second kappa shape index (κ2) is 7.80. The predicted molar refractivity (Wildman–Crippen MR) is 113 cm³/mol. The van der Waals surface area contributed by atoms with Gasteiger partial charge in [-0.1, -0.05) is 54.1 Å². The third-order valence-corrected chi connectivity index (χ3v) is 5.93. The summed E-state index contributed by atoms with van der Waals surface area (Å²) >= 11 is 6.01. The zero-order valence-electron chi connectivity index (χ0n) is 16.3. The number of hydrogen-bond donors (Lipinski definition) is 0. The lowest BCUT2D eigenvalue weighted by molar-refractivity contribution is -0.143. The van der Waals surface area contributed by atoms with E-state index in [1.807, 2.05) is 30.3 Å². The fraction of sp³-hybridized carbons (Fsp3) is 0.167. The molecule has 7 heteroatoms. The van der Waals surface area contributed by atoms with Gasteiger partial charge in [0.2, 0.25) is 5.91 Å². The van der Waals surface area contributed by atoms with Crippen molar-refractivity contribution in [2.45, 2.75) is 18.7 Å². The van der Waals surface area contributed by atoms with Crippen molar-refractivity contribution >= 4 is 29.1 Å². The summed E-state index contributed by atoms with van der Waals surface area (Å²) in [6, 6.07) is 21.6. The Morgan fingerprint density at radius 2 is 1.55 bits per heavy atom. The van der Waals surface area contributed by atoms with Crippen molar-refractivity contribution in [1.82, 2.24) is 4.90 Å². The summed E-state index contributed by atoms with van der Waals surface area (Å²) in [6.45, 7) is 0.186. The average Bonchev–Trinajstić information content (AvgIpc) is 3.28. The molecule has 3 aromatic carbocycles. The summed E-state index contributed by atoms with van der Waals surface area (Å²) in [7, 11) is 0. The second-order valence-corrected chi connectivity index (χ2v) is 8.04. The van der Waals surface area contributed by atoms with Gasteiger partial charge in [0.15, 0.2) is 6.10 Å². The van der Waals surface area contributed by atoms with Gasteiger partial charge in [-0.25, -0.2) is 9.45 Å². The van der Waals surface area contributed by atoms with E-state index in [9.17, 15) is 14.0 Å². The van der Waals surface area contributed by atoms with E-state index in [4.69, 9.17) is 16.4 Å². The molecular formula is C24H18ClFN2O3. The molecule has 31 heavy (non-hydrogen) atoms. The van der Waals surface area contributed by atoms with Gasteiger partial charge >= 0.3 is 0 Å². The SMILES string of the molecule is O=C1[C@H]2[C@H](ON(c3ccc(Cl)cc3)[C@H]2c2ccc(F)cc2)C(=O)N1Cc1ccccc1. The number of hydroxylamine groups is 1. The molecule has 0 spiro atoms. The molecule has 3 aromatic rings. The van der Waals surface area contributed by atoms with Gasteiger partial charge in [-0.3, -0.25) is 19.3 Å². The Hall–Kier alpha value is -3.22. The van der Waals surface area contributed by atoms with Crippen molar-refractivity contribution in [2.75, 3.05) is 5.06 Å². The smallest absolute Gasteiger partial charge is 0.262 e. The van der Waals surface area contributed by atoms with E-state index in [0.29, 0.717) is 16.3 Å². The summed E-state index contributed by atoms with van der Waals surface area (Å²) < 4.78 is 13.6. The Bertz CT molecular complexity index is 1120. The highest BCUT2D eigenvalue weighted by Crippen LogP contribution is 2.47. The molecular weight excluding hydrogens is 419 g/mol. The van der Waals surface area contributed by atoms with Gasteiger partial charge in [0.05, 0.1) is 18.3 Å². The minimum atomic E-state index is -0.943. The lowest BCUT2D eigenvalue weighted by Gasteiger charge is -2.28. The van der Waals surface area contributed by atoms with Crippen LogP contribution in [-0.4, -0.2) is 22.8 Å². The molecule has 2 saturated heterocycles. The van der Waals surface area contributed by atoms with Gasteiger partial charge in [0.25, 0.3) is 5.91 Å². The van der Waals surface area contributed by atoms with Crippen molar-refractivity contribution in [3.63, 3.8) is 0 Å². The average molecular weight is 437 g/mol. The van der Waals surface area contributed by atoms with E-state index in [1.54, 1.807) is 41.5 Å². The number of benzene rings is 3. The first-order valence-corrected chi connectivity index (χ1v) is 10.3. The zero-order chi connectivity index (χ0) is 21.5. The number of rotatable bonds is 4. The Labute approximate surface area is 183 Å². The normalized spacial score (nSPS) is 22.8. The molecule has 3 atom stereocenters. The van der Waals surface area contributed by atoms with Crippen LogP contribution < -0.4 is 5.06 Å². The molecule has 0 N–H and O–H groups in total. The Balaban J connectivity index is 1.52. The lowest BCUT2D eigenvalue weighted by Crippen LogP contribution is -2.36. The highest BCUT2D eigenvalue weighted by Gasteiger charge is 2.59. The molecule has 0 radical (unpaired) electrons. The third-order valence-electron chi connectivity index (χ3n) is 5.68. The lowest BCUT2D eigenvalue weighted by atomic mass is 9.90. The zero-order valence-corrected chi connectivity index (χ0v) is 17.1. The minimum Gasteiger partial charge on any atom is -0.275 e. The summed E-state index contributed by atoms with van der Waals surface area (Å²) in [6.07, 6.45) is -0.943. The summed E-state index contributed by atoms with van der Waals surface area (Å²) in [5.41, 5.74) is 2.20. The number of nitrogens with zero attached hydrogens (tertiary/aromatic N) is 2. The number of carbonyl (C=O) groups excluding carboxylic acids is 2. The third kappa shape index (κ3) is 3.48. The van der Waals surface area contributed by atoms with Crippen LogP contribution in [0.3, 0.4) is 0 Å². The van der Waals surface area contributed by atoms with Crippen LogP contribution in [0.2, 0.25) is 5.02 Å². The Kier molecular flexibility index (Phi) is 4.96. The van der Waals surface area contributed by atoms with Crippen LogP contribution >= 0.6 is 11.6 Å². The molecule has 2 aliphatic heterocycles. The van der Waals surface area contributed by atoms with Gasteiger partial charge in [0, 0.05) is 5.02 Å². The molecule has 5 nitrogen and oxygen atoms in total. The number of likely N-dealkylation sites (tertiary alicyclic amines) is 1. The quantitative estimate of drug-likeness (QED) is 0.564. The number of carbonyl (C=O) groups is 2. The van der Waals surface area contributed by atoms with Crippen LogP contribution in [0.4, 0.5) is 10.1 Å². The van der Waals surface area contributed by atoms with E-state index in [2.05, 4.69) is 0 Å². The van der Waals surface area contributed by atoms with Gasteiger partial charge < -0.3 is 0 Å². The molecule has 5 rings (SSSR count). The molecule has 156 valence electrons.